The zero-order valence-electron chi connectivity index (χ0n) is 19.4. The van der Waals surface area contributed by atoms with Gasteiger partial charge in [-0.25, -0.2) is 9.89 Å². The van der Waals surface area contributed by atoms with Crippen molar-refractivity contribution in [1.82, 2.24) is 19.7 Å². The van der Waals surface area contributed by atoms with E-state index in [1.807, 2.05) is 60.4 Å². The standard InChI is InChI=1S/C26H32N4O3/c1-3-4-17-33-23-11-9-22(10-12-23)25(31)29-15-13-21(14-16-29)24-27-28-26(32)30(24)18-20-7-5-19(2)6-8-20/h5-12,21H,3-4,13-18H2,1-2H3,(H,28,32). The predicted octanol–water partition coefficient (Wildman–Crippen LogP) is 4.13. The van der Waals surface area contributed by atoms with E-state index in [1.165, 1.54) is 5.56 Å². The summed E-state index contributed by atoms with van der Waals surface area (Å²) >= 11 is 0. The van der Waals surface area contributed by atoms with Gasteiger partial charge in [0.25, 0.3) is 5.91 Å². The molecule has 33 heavy (non-hydrogen) atoms. The number of aromatic amines is 1. The maximum atomic E-state index is 13.0. The number of aryl methyl sites for hydroxylation is 1. The summed E-state index contributed by atoms with van der Waals surface area (Å²) in [6.45, 7) is 6.65. The molecule has 174 valence electrons. The van der Waals surface area contributed by atoms with Crippen LogP contribution in [0.25, 0.3) is 0 Å². The van der Waals surface area contributed by atoms with Crippen LogP contribution in [0.5, 0.6) is 5.75 Å². The van der Waals surface area contributed by atoms with E-state index in [-0.39, 0.29) is 17.5 Å². The van der Waals surface area contributed by atoms with Crippen LogP contribution in [-0.2, 0) is 6.54 Å². The van der Waals surface area contributed by atoms with Gasteiger partial charge in [-0.1, -0.05) is 43.2 Å². The summed E-state index contributed by atoms with van der Waals surface area (Å²) in [5.74, 6) is 1.76. The van der Waals surface area contributed by atoms with Crippen LogP contribution in [0.1, 0.15) is 65.8 Å². The van der Waals surface area contributed by atoms with Crippen LogP contribution < -0.4 is 10.4 Å². The lowest BCUT2D eigenvalue weighted by Gasteiger charge is -2.31. The number of hydrogen-bond donors (Lipinski definition) is 1. The van der Waals surface area contributed by atoms with Crippen LogP contribution in [-0.4, -0.2) is 45.3 Å². The maximum absolute atomic E-state index is 13.0. The first-order valence-electron chi connectivity index (χ1n) is 11.8. The number of carbonyl (C=O) groups excluding carboxylic acids is 1. The van der Waals surface area contributed by atoms with E-state index < -0.39 is 0 Å². The first kappa shape index (κ1) is 22.8. The number of hydrogen-bond acceptors (Lipinski definition) is 4. The molecule has 1 fully saturated rings. The second-order valence-electron chi connectivity index (χ2n) is 8.75. The summed E-state index contributed by atoms with van der Waals surface area (Å²) in [6, 6.07) is 15.6. The van der Waals surface area contributed by atoms with E-state index in [9.17, 15) is 9.59 Å². The third-order valence-electron chi connectivity index (χ3n) is 6.26. The number of aromatic nitrogens is 3. The van der Waals surface area contributed by atoms with Crippen molar-refractivity contribution in [2.75, 3.05) is 19.7 Å². The van der Waals surface area contributed by atoms with Crippen molar-refractivity contribution in [1.29, 1.82) is 0 Å². The monoisotopic (exact) mass is 448 g/mol. The Kier molecular flexibility index (Phi) is 7.27. The highest BCUT2D eigenvalue weighted by Crippen LogP contribution is 2.27. The Morgan fingerprint density at radius 2 is 1.79 bits per heavy atom. The molecule has 1 N–H and O–H groups in total. The van der Waals surface area contributed by atoms with Gasteiger partial charge < -0.3 is 9.64 Å². The zero-order valence-corrected chi connectivity index (χ0v) is 19.4. The molecule has 0 saturated carbocycles. The first-order chi connectivity index (χ1) is 16.0. The van der Waals surface area contributed by atoms with Gasteiger partial charge in [-0.05, 0) is 56.0 Å². The number of H-pyrrole nitrogens is 1. The number of ether oxygens (including phenoxy) is 1. The Labute approximate surface area is 194 Å². The van der Waals surface area contributed by atoms with Gasteiger partial charge in [-0.3, -0.25) is 9.36 Å². The molecular formula is C26H32N4O3. The van der Waals surface area contributed by atoms with Crippen molar-refractivity contribution in [3.63, 3.8) is 0 Å². The van der Waals surface area contributed by atoms with Gasteiger partial charge in [0, 0.05) is 24.6 Å². The fourth-order valence-corrected chi connectivity index (χ4v) is 4.22. The minimum atomic E-state index is -0.190. The van der Waals surface area contributed by atoms with Crippen LogP contribution in [0, 0.1) is 6.92 Å². The fourth-order valence-electron chi connectivity index (χ4n) is 4.22. The number of amides is 1. The molecule has 2 aromatic carbocycles. The van der Waals surface area contributed by atoms with Gasteiger partial charge in [0.2, 0.25) is 0 Å². The highest BCUT2D eigenvalue weighted by molar-refractivity contribution is 5.94. The minimum absolute atomic E-state index is 0.0348. The first-order valence-corrected chi connectivity index (χ1v) is 11.8. The lowest BCUT2D eigenvalue weighted by Crippen LogP contribution is -2.38. The summed E-state index contributed by atoms with van der Waals surface area (Å²) in [6.07, 6.45) is 3.67. The molecule has 1 aliphatic heterocycles. The highest BCUT2D eigenvalue weighted by Gasteiger charge is 2.28. The molecule has 1 aliphatic rings. The summed E-state index contributed by atoms with van der Waals surface area (Å²) in [4.78, 5) is 27.2. The smallest absolute Gasteiger partial charge is 0.343 e. The molecule has 0 atom stereocenters. The van der Waals surface area contributed by atoms with Gasteiger partial charge in [-0.15, -0.1) is 0 Å². The topological polar surface area (TPSA) is 80.2 Å². The van der Waals surface area contributed by atoms with Crippen LogP contribution >= 0.6 is 0 Å². The van der Waals surface area contributed by atoms with Crippen molar-refractivity contribution >= 4 is 5.91 Å². The van der Waals surface area contributed by atoms with E-state index in [0.29, 0.717) is 31.8 Å². The van der Waals surface area contributed by atoms with Crippen LogP contribution in [0.15, 0.2) is 53.3 Å². The SMILES string of the molecule is CCCCOc1ccc(C(=O)N2CCC(c3n[nH]c(=O)n3Cc3ccc(C)cc3)CC2)cc1. The number of likely N-dealkylation sites (tertiary alicyclic amines) is 1. The van der Waals surface area contributed by atoms with Crippen molar-refractivity contribution < 1.29 is 9.53 Å². The van der Waals surface area contributed by atoms with Crippen molar-refractivity contribution in [3.8, 4) is 5.75 Å². The number of unbranched alkanes of at least 4 members (excludes halogenated alkanes) is 1. The molecule has 7 nitrogen and oxygen atoms in total. The number of piperidine rings is 1. The molecule has 2 heterocycles. The Morgan fingerprint density at radius 3 is 2.45 bits per heavy atom. The fraction of sp³-hybridized carbons (Fsp3) is 0.423. The van der Waals surface area contributed by atoms with Gasteiger partial charge >= 0.3 is 5.69 Å². The highest BCUT2D eigenvalue weighted by atomic mass is 16.5. The lowest BCUT2D eigenvalue weighted by molar-refractivity contribution is 0.0710. The number of carbonyl (C=O) groups is 1. The number of rotatable bonds is 8. The summed E-state index contributed by atoms with van der Waals surface area (Å²) in [5.41, 5.74) is 2.74. The minimum Gasteiger partial charge on any atom is -0.494 e. The van der Waals surface area contributed by atoms with E-state index in [4.69, 9.17) is 4.74 Å². The van der Waals surface area contributed by atoms with Gasteiger partial charge in [0.05, 0.1) is 13.2 Å². The zero-order chi connectivity index (χ0) is 23.2. The number of nitrogens with zero attached hydrogens (tertiary/aromatic N) is 3. The molecule has 0 unspecified atom stereocenters. The summed E-state index contributed by atoms with van der Waals surface area (Å²) < 4.78 is 7.41. The molecule has 1 aromatic heterocycles. The average molecular weight is 449 g/mol. The third-order valence-corrected chi connectivity index (χ3v) is 6.26. The molecular weight excluding hydrogens is 416 g/mol. The van der Waals surface area contributed by atoms with Crippen molar-refractivity contribution in [2.24, 2.45) is 0 Å². The molecule has 0 bridgehead atoms. The Bertz CT molecular complexity index is 1110. The second-order valence-corrected chi connectivity index (χ2v) is 8.75. The summed E-state index contributed by atoms with van der Waals surface area (Å²) in [5, 5.41) is 6.94. The van der Waals surface area contributed by atoms with Crippen molar-refractivity contribution in [2.45, 2.75) is 52.0 Å². The van der Waals surface area contributed by atoms with E-state index in [0.717, 1.165) is 42.8 Å². The molecule has 1 amide bonds. The lowest BCUT2D eigenvalue weighted by atomic mass is 9.95. The Hall–Kier alpha value is -3.35. The third kappa shape index (κ3) is 5.53. The average Bonchev–Trinajstić information content (AvgIpc) is 3.20. The summed E-state index contributed by atoms with van der Waals surface area (Å²) in [7, 11) is 0. The largest absolute Gasteiger partial charge is 0.494 e. The van der Waals surface area contributed by atoms with Crippen LogP contribution in [0.4, 0.5) is 0 Å². The quantitative estimate of drug-likeness (QED) is 0.526. The molecule has 1 saturated heterocycles. The van der Waals surface area contributed by atoms with Crippen molar-refractivity contribution in [3.05, 3.63) is 81.5 Å². The van der Waals surface area contributed by atoms with Gasteiger partial charge in [-0.2, -0.15) is 5.10 Å². The van der Waals surface area contributed by atoms with E-state index in [1.54, 1.807) is 4.57 Å². The Balaban J connectivity index is 1.37. The van der Waals surface area contributed by atoms with Crippen LogP contribution in [0.2, 0.25) is 0 Å². The molecule has 4 rings (SSSR count). The molecule has 0 aliphatic carbocycles. The number of benzene rings is 2. The normalized spacial score (nSPS) is 14.4. The van der Waals surface area contributed by atoms with Gasteiger partial charge in [0.1, 0.15) is 11.6 Å². The molecule has 0 spiro atoms. The predicted molar refractivity (Wildman–Crippen MR) is 128 cm³/mol. The van der Waals surface area contributed by atoms with E-state index in [2.05, 4.69) is 17.1 Å². The molecule has 7 heteroatoms. The van der Waals surface area contributed by atoms with E-state index >= 15 is 0 Å². The van der Waals surface area contributed by atoms with Gasteiger partial charge in [0.15, 0.2) is 0 Å². The number of nitrogens with one attached hydrogen (secondary N) is 1. The second kappa shape index (κ2) is 10.5. The van der Waals surface area contributed by atoms with Crippen LogP contribution in [0.3, 0.4) is 0 Å². The molecule has 0 radical (unpaired) electrons. The molecule has 3 aromatic rings. The maximum Gasteiger partial charge on any atom is 0.343 e. The Morgan fingerprint density at radius 1 is 1.09 bits per heavy atom.